The lowest BCUT2D eigenvalue weighted by molar-refractivity contribution is 0.0618. The Morgan fingerprint density at radius 2 is 1.11 bits per heavy atom. The molecule has 7 aromatic rings. The van der Waals surface area contributed by atoms with Crippen molar-refractivity contribution >= 4 is 48.6 Å². The number of hydrogen-bond acceptors (Lipinski definition) is 2. The lowest BCUT2D eigenvalue weighted by Crippen LogP contribution is -2.48. The predicted molar refractivity (Wildman–Crippen MR) is 231 cm³/mol. The summed E-state index contributed by atoms with van der Waals surface area (Å²) in [6, 6.07) is 50.4. The van der Waals surface area contributed by atoms with Crippen LogP contribution < -0.4 is 4.90 Å². The topological polar surface area (TPSA) is 3.24 Å². The molecule has 0 saturated heterocycles. The Balaban J connectivity index is 1.03. The van der Waals surface area contributed by atoms with Crippen LogP contribution in [0.1, 0.15) is 92.9 Å². The van der Waals surface area contributed by atoms with Crippen LogP contribution in [0.25, 0.3) is 42.4 Å². The molecule has 1 nitrogen and oxygen atoms in total. The van der Waals surface area contributed by atoms with Crippen LogP contribution in [0.3, 0.4) is 0 Å². The highest BCUT2D eigenvalue weighted by atomic mass is 32.1. The van der Waals surface area contributed by atoms with Gasteiger partial charge >= 0.3 is 0 Å². The summed E-state index contributed by atoms with van der Waals surface area (Å²) in [6.45, 7) is 0. The smallest absolute Gasteiger partial charge is 0.0468 e. The van der Waals surface area contributed by atoms with Crippen LogP contribution in [-0.4, -0.2) is 0 Å². The van der Waals surface area contributed by atoms with Crippen molar-refractivity contribution in [1.29, 1.82) is 0 Å². The second-order valence-corrected chi connectivity index (χ2v) is 19.4. The van der Waals surface area contributed by atoms with E-state index in [-0.39, 0.29) is 10.8 Å². The van der Waals surface area contributed by atoms with Gasteiger partial charge in [-0.3, -0.25) is 0 Å². The minimum absolute atomic E-state index is 0.112. The zero-order valence-electron chi connectivity index (χ0n) is 31.6. The molecule has 7 aliphatic rings. The Hall–Kier alpha value is -4.66. The van der Waals surface area contributed by atoms with Crippen LogP contribution in [0.4, 0.5) is 17.1 Å². The van der Waals surface area contributed by atoms with Crippen molar-refractivity contribution in [2.24, 2.45) is 23.7 Å². The summed E-state index contributed by atoms with van der Waals surface area (Å²) in [7, 11) is 0. The van der Waals surface area contributed by atoms with Gasteiger partial charge in [-0.15, -0.1) is 11.3 Å². The largest absolute Gasteiger partial charge is 0.310 e. The molecular weight excluding hydrogens is 683 g/mol. The van der Waals surface area contributed by atoms with Crippen molar-refractivity contribution in [2.75, 3.05) is 4.90 Å². The molecule has 4 bridgehead atoms. The fourth-order valence-electron chi connectivity index (χ4n) is 14.0. The zero-order valence-corrected chi connectivity index (χ0v) is 32.4. The molecule has 14 rings (SSSR count). The number of thiophene rings is 1. The minimum Gasteiger partial charge on any atom is -0.310 e. The van der Waals surface area contributed by atoms with Gasteiger partial charge in [-0.25, -0.2) is 0 Å². The molecule has 5 unspecified atom stereocenters. The van der Waals surface area contributed by atoms with Crippen LogP contribution in [0, 0.1) is 23.7 Å². The van der Waals surface area contributed by atoms with Gasteiger partial charge in [0.1, 0.15) is 0 Å². The number of nitrogens with zero attached hydrogens (tertiary/aromatic N) is 1. The molecule has 5 fully saturated rings. The first kappa shape index (κ1) is 31.5. The molecule has 5 atom stereocenters. The SMILES string of the molecule is c1ccc2c(c1)-c1ccc(N(c3ccc4c(c3)-c3ccccc3C43C4CCC5CC(C4)CC3C5)c3ccc4sc5ccccc5c4c3)cc1C21CCCCC1. The van der Waals surface area contributed by atoms with Crippen LogP contribution in [0.5, 0.6) is 0 Å². The van der Waals surface area contributed by atoms with E-state index in [1.165, 1.54) is 130 Å². The van der Waals surface area contributed by atoms with Gasteiger partial charge in [-0.2, -0.15) is 0 Å². The zero-order chi connectivity index (χ0) is 35.9. The van der Waals surface area contributed by atoms with Crippen molar-refractivity contribution in [3.05, 3.63) is 150 Å². The maximum Gasteiger partial charge on any atom is 0.0468 e. The highest BCUT2D eigenvalue weighted by molar-refractivity contribution is 7.25. The Kier molecular flexibility index (Phi) is 6.57. The molecule has 0 radical (unpaired) electrons. The molecular formula is C53H47NS. The first-order valence-corrected chi connectivity index (χ1v) is 22.2. The van der Waals surface area contributed by atoms with E-state index in [2.05, 4.69) is 132 Å². The molecule has 270 valence electrons. The van der Waals surface area contributed by atoms with Crippen LogP contribution in [0.2, 0.25) is 0 Å². The van der Waals surface area contributed by atoms with Crippen molar-refractivity contribution in [3.8, 4) is 22.3 Å². The quantitative estimate of drug-likeness (QED) is 0.175. The summed E-state index contributed by atoms with van der Waals surface area (Å²) in [5, 5.41) is 2.72. The first-order chi connectivity index (χ1) is 27.2. The molecule has 2 spiro atoms. The molecule has 6 aromatic carbocycles. The summed E-state index contributed by atoms with van der Waals surface area (Å²) < 4.78 is 2.72. The van der Waals surface area contributed by atoms with Gasteiger partial charge in [0.2, 0.25) is 0 Å². The van der Waals surface area contributed by atoms with Crippen molar-refractivity contribution < 1.29 is 0 Å². The van der Waals surface area contributed by atoms with Gasteiger partial charge in [0.25, 0.3) is 0 Å². The normalized spacial score (nSPS) is 26.3. The van der Waals surface area contributed by atoms with Gasteiger partial charge in [0.05, 0.1) is 0 Å². The van der Waals surface area contributed by atoms with E-state index in [1.807, 2.05) is 11.3 Å². The molecule has 0 amide bonds. The van der Waals surface area contributed by atoms with Crippen molar-refractivity contribution in [2.45, 2.75) is 81.5 Å². The molecule has 0 N–H and O–H groups in total. The van der Waals surface area contributed by atoms with Crippen LogP contribution >= 0.6 is 11.3 Å². The van der Waals surface area contributed by atoms with E-state index in [1.54, 1.807) is 22.3 Å². The predicted octanol–water partition coefficient (Wildman–Crippen LogP) is 14.9. The lowest BCUT2D eigenvalue weighted by atomic mass is 9.51. The summed E-state index contributed by atoms with van der Waals surface area (Å²) >= 11 is 1.91. The highest BCUT2D eigenvalue weighted by Gasteiger charge is 2.59. The van der Waals surface area contributed by atoms with E-state index in [9.17, 15) is 0 Å². The average molecular weight is 730 g/mol. The molecule has 0 aliphatic heterocycles. The number of hydrogen-bond donors (Lipinski definition) is 0. The second kappa shape index (κ2) is 11.5. The van der Waals surface area contributed by atoms with Gasteiger partial charge in [-0.05, 0) is 162 Å². The van der Waals surface area contributed by atoms with Gasteiger partial charge in [0, 0.05) is 48.1 Å². The summed E-state index contributed by atoms with van der Waals surface area (Å²) in [5.74, 6) is 3.39. The van der Waals surface area contributed by atoms with E-state index in [4.69, 9.17) is 0 Å². The third-order valence-electron chi connectivity index (χ3n) is 15.9. The molecule has 55 heavy (non-hydrogen) atoms. The Morgan fingerprint density at radius 1 is 0.455 bits per heavy atom. The molecule has 2 heteroatoms. The number of benzene rings is 6. The Bertz CT molecular complexity index is 2700. The summed E-state index contributed by atoms with van der Waals surface area (Å²) in [4.78, 5) is 2.61. The maximum atomic E-state index is 2.62. The van der Waals surface area contributed by atoms with Gasteiger partial charge < -0.3 is 4.90 Å². The molecule has 5 saturated carbocycles. The number of fused-ring (bicyclic) bond motifs is 12. The fourth-order valence-corrected chi connectivity index (χ4v) is 15.1. The Morgan fingerprint density at radius 3 is 2.02 bits per heavy atom. The standard InChI is InChI=1S/C53H47NS/c1-8-24-52(25-9-1)46-13-5-2-10-40(46)42-21-18-39(32-49(42)52)54(38-20-23-51-45(31-38)43-12-4-7-15-50(43)55-51)37-19-22-48-44(30-37)41-11-3-6-14-47(41)53(48)35-17-16-33-26-34(28-35)29-36(53)27-33/h2-7,10-15,18-23,30-36H,1,8-9,16-17,24-29H2. The first-order valence-electron chi connectivity index (χ1n) is 21.4. The lowest BCUT2D eigenvalue weighted by Gasteiger charge is -2.53. The summed E-state index contributed by atoms with van der Waals surface area (Å²) in [5.41, 5.74) is 16.4. The molecule has 1 aromatic heterocycles. The summed E-state index contributed by atoms with van der Waals surface area (Å²) in [6.07, 6.45) is 15.0. The van der Waals surface area contributed by atoms with E-state index < -0.39 is 0 Å². The van der Waals surface area contributed by atoms with Crippen molar-refractivity contribution in [1.82, 2.24) is 0 Å². The number of rotatable bonds is 3. The van der Waals surface area contributed by atoms with E-state index >= 15 is 0 Å². The van der Waals surface area contributed by atoms with E-state index in [0.717, 1.165) is 23.7 Å². The van der Waals surface area contributed by atoms with Crippen LogP contribution in [0.15, 0.2) is 127 Å². The van der Waals surface area contributed by atoms with E-state index in [0.29, 0.717) is 0 Å². The molecule has 1 heterocycles. The van der Waals surface area contributed by atoms with Gasteiger partial charge in [-0.1, -0.05) is 105 Å². The van der Waals surface area contributed by atoms with Gasteiger partial charge in [0.15, 0.2) is 0 Å². The van der Waals surface area contributed by atoms with Crippen molar-refractivity contribution in [3.63, 3.8) is 0 Å². The third-order valence-corrected chi connectivity index (χ3v) is 17.1. The third kappa shape index (κ3) is 4.20. The minimum atomic E-state index is 0.112. The van der Waals surface area contributed by atoms with Crippen LogP contribution in [-0.2, 0) is 10.8 Å². The Labute approximate surface area is 329 Å². The number of anilines is 3. The molecule has 7 aliphatic carbocycles. The monoisotopic (exact) mass is 729 g/mol. The second-order valence-electron chi connectivity index (χ2n) is 18.3. The maximum absolute atomic E-state index is 2.62. The highest BCUT2D eigenvalue weighted by Crippen LogP contribution is 2.68. The average Bonchev–Trinajstić information content (AvgIpc) is 3.77. The fraction of sp³-hybridized carbons (Fsp3) is 0.321.